The first kappa shape index (κ1) is 23.3. The van der Waals surface area contributed by atoms with Gasteiger partial charge in [0.05, 0.1) is 0 Å². The van der Waals surface area contributed by atoms with Crippen molar-refractivity contribution in [1.29, 1.82) is 0 Å². The zero-order valence-corrected chi connectivity index (χ0v) is 17.3. The van der Waals surface area contributed by atoms with E-state index in [0.29, 0.717) is 0 Å². The molecule has 130 valence electrons. The summed E-state index contributed by atoms with van der Waals surface area (Å²) >= 11 is 0. The summed E-state index contributed by atoms with van der Waals surface area (Å²) < 4.78 is 0. The van der Waals surface area contributed by atoms with E-state index in [9.17, 15) is 0 Å². The first-order valence-corrected chi connectivity index (χ1v) is 7.73. The van der Waals surface area contributed by atoms with E-state index in [1.165, 1.54) is 11.1 Å². The van der Waals surface area contributed by atoms with Gasteiger partial charge >= 0.3 is 19.5 Å². The predicted molar refractivity (Wildman–Crippen MR) is 102 cm³/mol. The van der Waals surface area contributed by atoms with Gasteiger partial charge in [0.15, 0.2) is 0 Å². The Morgan fingerprint density at radius 3 is 1.64 bits per heavy atom. The Balaban J connectivity index is 0.000000400. The molecule has 0 N–H and O–H groups in total. The third-order valence-corrected chi connectivity index (χ3v) is 3.07. The molecule has 25 heavy (non-hydrogen) atoms. The van der Waals surface area contributed by atoms with Crippen LogP contribution in [0.3, 0.4) is 0 Å². The SMILES string of the molecule is C1=CC(=CC=C[c-]2[cH-][cH-][cH-][cH-]2)C=C1.[Ru+6].[Ru].c1cc[cH-]c1.c1cc[cH-]c1. The van der Waals surface area contributed by atoms with Crippen LogP contribution in [-0.2, 0) is 39.0 Å². The molecular formula is C23H21Ru2-. The maximum absolute atomic E-state index is 2.10. The zero-order valence-electron chi connectivity index (χ0n) is 13.8. The monoisotopic (exact) mass is 501 g/mol. The molecule has 0 saturated carbocycles. The van der Waals surface area contributed by atoms with Gasteiger partial charge in [-0.05, 0) is 0 Å². The van der Waals surface area contributed by atoms with Crippen LogP contribution >= 0.6 is 0 Å². The van der Waals surface area contributed by atoms with Crippen LogP contribution in [0.4, 0.5) is 0 Å². The number of rotatable bonds is 2. The van der Waals surface area contributed by atoms with Crippen LogP contribution in [0.1, 0.15) is 5.56 Å². The van der Waals surface area contributed by atoms with Gasteiger partial charge in [0, 0.05) is 19.5 Å². The third kappa shape index (κ3) is 11.4. The molecule has 0 heterocycles. The molecule has 0 aliphatic heterocycles. The molecule has 0 spiro atoms. The summed E-state index contributed by atoms with van der Waals surface area (Å²) in [6.45, 7) is 0. The van der Waals surface area contributed by atoms with Gasteiger partial charge in [-0.3, -0.25) is 0 Å². The molecule has 0 amide bonds. The summed E-state index contributed by atoms with van der Waals surface area (Å²) in [5.41, 5.74) is 2.51. The van der Waals surface area contributed by atoms with Crippen molar-refractivity contribution < 1.29 is 39.0 Å². The third-order valence-electron chi connectivity index (χ3n) is 3.07. The van der Waals surface area contributed by atoms with E-state index < -0.39 is 0 Å². The van der Waals surface area contributed by atoms with Crippen LogP contribution in [-0.4, -0.2) is 0 Å². The molecule has 1 aliphatic carbocycles. The largest absolute Gasteiger partial charge is 6.00 e. The van der Waals surface area contributed by atoms with Gasteiger partial charge in [0.1, 0.15) is 0 Å². The average molecular weight is 500 g/mol. The summed E-state index contributed by atoms with van der Waals surface area (Å²) in [6, 6.07) is 28.3. The van der Waals surface area contributed by atoms with Gasteiger partial charge in [-0.1, -0.05) is 29.9 Å². The fraction of sp³-hybridized carbons (Fsp3) is 0. The Hall–Kier alpha value is -1.74. The van der Waals surface area contributed by atoms with E-state index in [1.807, 2.05) is 84.9 Å². The smallest absolute Gasteiger partial charge is 0.686 e. The maximum atomic E-state index is 2.10. The Bertz CT molecular complexity index is 633. The fourth-order valence-corrected chi connectivity index (χ4v) is 1.91. The van der Waals surface area contributed by atoms with E-state index in [-0.39, 0.29) is 39.0 Å². The van der Waals surface area contributed by atoms with Crippen molar-refractivity contribution in [3.05, 3.63) is 133 Å². The standard InChI is InChI=1S/C13H11.2C5H5.2Ru/c1-2-7-12(6-1)10-5-11-13-8-3-4-9-13;2*1-2-4-5-3-1;;/h1-11H;2*1-5H;;/q-5;2*-1;;+6. The Labute approximate surface area is 176 Å². The van der Waals surface area contributed by atoms with E-state index in [0.717, 1.165) is 0 Å². The summed E-state index contributed by atoms with van der Waals surface area (Å²) in [6.07, 6.45) is 14.6. The number of allylic oxidation sites excluding steroid dienone is 7. The summed E-state index contributed by atoms with van der Waals surface area (Å²) in [5.74, 6) is 0. The van der Waals surface area contributed by atoms with Crippen molar-refractivity contribution in [3.63, 3.8) is 0 Å². The van der Waals surface area contributed by atoms with Crippen molar-refractivity contribution in [2.45, 2.75) is 0 Å². The van der Waals surface area contributed by atoms with Gasteiger partial charge in [0.2, 0.25) is 0 Å². The van der Waals surface area contributed by atoms with Gasteiger partial charge in [-0.2, -0.15) is 36.4 Å². The second-order valence-corrected chi connectivity index (χ2v) is 4.89. The molecule has 0 unspecified atom stereocenters. The molecule has 0 radical (unpaired) electrons. The number of hydrogen-bond acceptors (Lipinski definition) is 0. The fourth-order valence-electron chi connectivity index (χ4n) is 1.91. The van der Waals surface area contributed by atoms with Crippen molar-refractivity contribution in [1.82, 2.24) is 0 Å². The number of hydrogen-bond donors (Lipinski definition) is 0. The van der Waals surface area contributed by atoms with Crippen LogP contribution in [0, 0.1) is 0 Å². The van der Waals surface area contributed by atoms with Crippen LogP contribution < -0.4 is 0 Å². The molecule has 0 atom stereocenters. The van der Waals surface area contributed by atoms with Crippen molar-refractivity contribution in [2.24, 2.45) is 0 Å². The Morgan fingerprint density at radius 2 is 1.24 bits per heavy atom. The maximum Gasteiger partial charge on any atom is 6.00 e. The molecule has 0 nitrogen and oxygen atoms in total. The molecule has 3 aromatic rings. The summed E-state index contributed by atoms with van der Waals surface area (Å²) in [7, 11) is 0. The second kappa shape index (κ2) is 15.8. The first-order valence-electron chi connectivity index (χ1n) is 7.73. The molecule has 3 aromatic carbocycles. The van der Waals surface area contributed by atoms with E-state index in [4.69, 9.17) is 0 Å². The Kier molecular flexibility index (Phi) is 14.7. The van der Waals surface area contributed by atoms with Crippen LogP contribution in [0.15, 0.2) is 127 Å². The van der Waals surface area contributed by atoms with Crippen molar-refractivity contribution in [2.75, 3.05) is 0 Å². The summed E-state index contributed by atoms with van der Waals surface area (Å²) in [4.78, 5) is 0. The van der Waals surface area contributed by atoms with Gasteiger partial charge in [-0.15, -0.1) is 0 Å². The molecule has 0 aromatic heterocycles. The molecule has 4 rings (SSSR count). The van der Waals surface area contributed by atoms with E-state index in [2.05, 4.69) is 42.5 Å². The summed E-state index contributed by atoms with van der Waals surface area (Å²) in [5, 5.41) is 0. The first-order chi connectivity index (χ1) is 11.4. The van der Waals surface area contributed by atoms with Gasteiger partial charge < -0.3 is 42.0 Å². The molecule has 0 bridgehead atoms. The van der Waals surface area contributed by atoms with Crippen LogP contribution in [0.5, 0.6) is 0 Å². The topological polar surface area (TPSA) is 0 Å². The van der Waals surface area contributed by atoms with Gasteiger partial charge in [-0.25, -0.2) is 30.3 Å². The van der Waals surface area contributed by atoms with Crippen LogP contribution in [0.25, 0.3) is 6.08 Å². The second-order valence-electron chi connectivity index (χ2n) is 4.89. The average Bonchev–Trinajstić information content (AvgIpc) is 3.39. The zero-order chi connectivity index (χ0) is 16.0. The van der Waals surface area contributed by atoms with Crippen molar-refractivity contribution in [3.8, 4) is 0 Å². The minimum atomic E-state index is 0. The van der Waals surface area contributed by atoms with E-state index in [1.54, 1.807) is 0 Å². The van der Waals surface area contributed by atoms with Crippen LogP contribution in [0.2, 0.25) is 0 Å². The van der Waals surface area contributed by atoms with E-state index >= 15 is 0 Å². The van der Waals surface area contributed by atoms with Crippen molar-refractivity contribution >= 4 is 6.08 Å². The predicted octanol–water partition coefficient (Wildman–Crippen LogP) is 6.28. The quantitative estimate of drug-likeness (QED) is 0.288. The Morgan fingerprint density at radius 1 is 0.760 bits per heavy atom. The minimum absolute atomic E-state index is 0. The molecular weight excluding hydrogens is 478 g/mol. The molecule has 1 aliphatic rings. The minimum Gasteiger partial charge on any atom is -0.686 e. The molecule has 0 fully saturated rings. The molecule has 0 saturated heterocycles. The molecule has 2 heteroatoms. The van der Waals surface area contributed by atoms with Gasteiger partial charge in [0.25, 0.3) is 0 Å². The normalized spacial score (nSPS) is 10.8.